The van der Waals surface area contributed by atoms with Gasteiger partial charge in [0.2, 0.25) is 11.8 Å². The molecule has 1 fully saturated rings. The van der Waals surface area contributed by atoms with Gasteiger partial charge < -0.3 is 5.73 Å². The number of likely N-dealkylation sites (tertiary alicyclic amines) is 1. The standard InChI is InChI=1S/C10H18N2O4S/c1-2-17(15,16)7-3-6-12-9(13)5-4-8(11)10(12)14/h8H,2-7,11H2,1H3. The van der Waals surface area contributed by atoms with E-state index in [1.165, 1.54) is 0 Å². The Morgan fingerprint density at radius 2 is 2.06 bits per heavy atom. The van der Waals surface area contributed by atoms with E-state index in [1.807, 2.05) is 0 Å². The highest BCUT2D eigenvalue weighted by Gasteiger charge is 2.31. The lowest BCUT2D eigenvalue weighted by molar-refractivity contribution is -0.149. The van der Waals surface area contributed by atoms with Crippen molar-refractivity contribution in [3.05, 3.63) is 0 Å². The van der Waals surface area contributed by atoms with Crippen molar-refractivity contribution >= 4 is 21.7 Å². The molecule has 1 atom stereocenters. The van der Waals surface area contributed by atoms with Crippen LogP contribution in [-0.4, -0.2) is 49.2 Å². The molecule has 1 unspecified atom stereocenters. The average Bonchev–Trinajstić information content (AvgIpc) is 2.28. The number of imide groups is 1. The molecule has 0 aromatic heterocycles. The van der Waals surface area contributed by atoms with Gasteiger partial charge in [-0.15, -0.1) is 0 Å². The zero-order chi connectivity index (χ0) is 13.1. The number of hydrogen-bond donors (Lipinski definition) is 1. The van der Waals surface area contributed by atoms with Gasteiger partial charge in [-0.1, -0.05) is 6.92 Å². The van der Waals surface area contributed by atoms with E-state index < -0.39 is 21.8 Å². The molecule has 1 saturated heterocycles. The van der Waals surface area contributed by atoms with E-state index in [2.05, 4.69) is 0 Å². The molecule has 98 valence electrons. The van der Waals surface area contributed by atoms with Crippen molar-refractivity contribution in [2.24, 2.45) is 5.73 Å². The van der Waals surface area contributed by atoms with Gasteiger partial charge in [-0.05, 0) is 12.8 Å². The van der Waals surface area contributed by atoms with Crippen LogP contribution in [0.4, 0.5) is 0 Å². The number of hydrogen-bond acceptors (Lipinski definition) is 5. The smallest absolute Gasteiger partial charge is 0.246 e. The maximum atomic E-state index is 11.6. The van der Waals surface area contributed by atoms with Crippen LogP contribution in [0.1, 0.15) is 26.2 Å². The molecule has 0 aromatic rings. The minimum Gasteiger partial charge on any atom is -0.320 e. The summed E-state index contributed by atoms with van der Waals surface area (Å²) in [5.41, 5.74) is 5.55. The minimum atomic E-state index is -3.05. The topological polar surface area (TPSA) is 97.5 Å². The third-order valence-electron chi connectivity index (χ3n) is 2.83. The molecule has 1 aliphatic heterocycles. The van der Waals surface area contributed by atoms with Crippen LogP contribution in [0.25, 0.3) is 0 Å². The average molecular weight is 262 g/mol. The predicted octanol–water partition coefficient (Wildman–Crippen LogP) is -0.712. The van der Waals surface area contributed by atoms with Crippen LogP contribution in [0.5, 0.6) is 0 Å². The van der Waals surface area contributed by atoms with E-state index >= 15 is 0 Å². The van der Waals surface area contributed by atoms with E-state index in [0.29, 0.717) is 6.42 Å². The van der Waals surface area contributed by atoms with Crippen LogP contribution in [-0.2, 0) is 19.4 Å². The van der Waals surface area contributed by atoms with Crippen LogP contribution in [0.2, 0.25) is 0 Å². The highest BCUT2D eigenvalue weighted by Crippen LogP contribution is 2.12. The van der Waals surface area contributed by atoms with Gasteiger partial charge in [-0.25, -0.2) is 8.42 Å². The van der Waals surface area contributed by atoms with Gasteiger partial charge >= 0.3 is 0 Å². The second-order valence-corrected chi connectivity index (χ2v) is 6.59. The van der Waals surface area contributed by atoms with E-state index in [1.54, 1.807) is 6.92 Å². The fourth-order valence-electron chi connectivity index (χ4n) is 1.68. The van der Waals surface area contributed by atoms with Crippen molar-refractivity contribution in [3.63, 3.8) is 0 Å². The molecule has 0 bridgehead atoms. The number of carbonyl (C=O) groups is 2. The molecule has 1 rings (SSSR count). The van der Waals surface area contributed by atoms with Crippen molar-refractivity contribution in [2.75, 3.05) is 18.1 Å². The van der Waals surface area contributed by atoms with Crippen LogP contribution in [0.15, 0.2) is 0 Å². The molecular formula is C10H18N2O4S. The lowest BCUT2D eigenvalue weighted by atomic mass is 10.1. The molecule has 0 aliphatic carbocycles. The summed E-state index contributed by atoms with van der Waals surface area (Å²) < 4.78 is 22.5. The van der Waals surface area contributed by atoms with Crippen molar-refractivity contribution in [1.82, 2.24) is 4.90 Å². The fourth-order valence-corrected chi connectivity index (χ4v) is 2.54. The van der Waals surface area contributed by atoms with Gasteiger partial charge in [0.25, 0.3) is 0 Å². The normalized spacial score (nSPS) is 22.0. The van der Waals surface area contributed by atoms with Gasteiger partial charge in [-0.3, -0.25) is 14.5 Å². The van der Waals surface area contributed by atoms with Gasteiger partial charge in [0, 0.05) is 18.7 Å². The summed E-state index contributed by atoms with van der Waals surface area (Å²) in [6.45, 7) is 1.72. The monoisotopic (exact) mass is 262 g/mol. The number of carbonyl (C=O) groups excluding carboxylic acids is 2. The molecule has 0 saturated carbocycles. The maximum Gasteiger partial charge on any atom is 0.246 e. The number of amides is 2. The summed E-state index contributed by atoms with van der Waals surface area (Å²) in [6.07, 6.45) is 0.912. The van der Waals surface area contributed by atoms with Crippen LogP contribution < -0.4 is 5.73 Å². The Hall–Kier alpha value is -0.950. The summed E-state index contributed by atoms with van der Waals surface area (Å²) in [7, 11) is -3.05. The Bertz CT molecular complexity index is 405. The van der Waals surface area contributed by atoms with Gasteiger partial charge in [0.1, 0.15) is 9.84 Å². The quantitative estimate of drug-likeness (QED) is 0.660. The van der Waals surface area contributed by atoms with Crippen LogP contribution in [0.3, 0.4) is 0 Å². The number of rotatable bonds is 5. The highest BCUT2D eigenvalue weighted by molar-refractivity contribution is 7.91. The van der Waals surface area contributed by atoms with E-state index in [4.69, 9.17) is 5.73 Å². The van der Waals surface area contributed by atoms with Crippen LogP contribution >= 0.6 is 0 Å². The first kappa shape index (κ1) is 14.1. The first-order chi connectivity index (χ1) is 7.87. The lowest BCUT2D eigenvalue weighted by Gasteiger charge is -2.28. The molecular weight excluding hydrogens is 244 g/mol. The number of piperidine rings is 1. The molecule has 7 heteroatoms. The molecule has 0 spiro atoms. The molecule has 1 heterocycles. The first-order valence-corrected chi connectivity index (χ1v) is 7.49. The summed E-state index contributed by atoms with van der Waals surface area (Å²) >= 11 is 0. The molecule has 2 amide bonds. The van der Waals surface area contributed by atoms with Crippen molar-refractivity contribution in [1.29, 1.82) is 0 Å². The van der Waals surface area contributed by atoms with Crippen molar-refractivity contribution < 1.29 is 18.0 Å². The second-order valence-electron chi connectivity index (χ2n) is 4.12. The van der Waals surface area contributed by atoms with E-state index in [0.717, 1.165) is 4.90 Å². The van der Waals surface area contributed by atoms with Gasteiger partial charge in [0.05, 0.1) is 11.8 Å². The molecule has 17 heavy (non-hydrogen) atoms. The van der Waals surface area contributed by atoms with E-state index in [9.17, 15) is 18.0 Å². The van der Waals surface area contributed by atoms with Gasteiger partial charge in [0.15, 0.2) is 0 Å². The molecule has 0 radical (unpaired) electrons. The SMILES string of the molecule is CCS(=O)(=O)CCCN1C(=O)CCC(N)C1=O. The second kappa shape index (κ2) is 5.59. The summed E-state index contributed by atoms with van der Waals surface area (Å²) in [5.74, 6) is -0.578. The third-order valence-corrected chi connectivity index (χ3v) is 4.62. The molecule has 6 nitrogen and oxygen atoms in total. The Morgan fingerprint density at radius 3 is 2.65 bits per heavy atom. The first-order valence-electron chi connectivity index (χ1n) is 5.67. The largest absolute Gasteiger partial charge is 0.320 e. The summed E-state index contributed by atoms with van der Waals surface area (Å²) in [6, 6.07) is -0.629. The Balaban J connectivity index is 2.50. The summed E-state index contributed by atoms with van der Waals surface area (Å²) in [5, 5.41) is 0. The molecule has 1 aliphatic rings. The minimum absolute atomic E-state index is 0.00417. The predicted molar refractivity (Wildman–Crippen MR) is 62.9 cm³/mol. The van der Waals surface area contributed by atoms with Crippen LogP contribution in [0, 0.1) is 0 Å². The Labute approximate surface area is 101 Å². The zero-order valence-corrected chi connectivity index (χ0v) is 10.7. The molecule has 2 N–H and O–H groups in total. The Morgan fingerprint density at radius 1 is 1.41 bits per heavy atom. The third kappa shape index (κ3) is 3.78. The number of nitrogens with two attached hydrogens (primary N) is 1. The maximum absolute atomic E-state index is 11.6. The van der Waals surface area contributed by atoms with E-state index in [-0.39, 0.29) is 36.8 Å². The van der Waals surface area contributed by atoms with Gasteiger partial charge in [-0.2, -0.15) is 0 Å². The number of sulfone groups is 1. The Kier molecular flexibility index (Phi) is 4.64. The summed E-state index contributed by atoms with van der Waals surface area (Å²) in [4.78, 5) is 24.1. The fraction of sp³-hybridized carbons (Fsp3) is 0.800. The highest BCUT2D eigenvalue weighted by atomic mass is 32.2. The van der Waals surface area contributed by atoms with Crippen molar-refractivity contribution in [2.45, 2.75) is 32.2 Å². The molecule has 0 aromatic carbocycles. The van der Waals surface area contributed by atoms with Crippen molar-refractivity contribution in [3.8, 4) is 0 Å². The lowest BCUT2D eigenvalue weighted by Crippen LogP contribution is -2.51. The zero-order valence-electron chi connectivity index (χ0n) is 9.89. The number of nitrogens with zero attached hydrogens (tertiary/aromatic N) is 1.